The Morgan fingerprint density at radius 3 is 2.61 bits per heavy atom. The summed E-state index contributed by atoms with van der Waals surface area (Å²) in [6.45, 7) is 0. The first kappa shape index (κ1) is 11.8. The van der Waals surface area contributed by atoms with E-state index in [0.29, 0.717) is 11.3 Å². The van der Waals surface area contributed by atoms with Crippen LogP contribution in [0.1, 0.15) is 10.4 Å². The molecule has 1 aromatic carbocycles. The number of nitrogens with two attached hydrogens (primary N) is 1. The molecule has 92 valence electrons. The quantitative estimate of drug-likeness (QED) is 0.763. The number of esters is 1. The minimum Gasteiger partial charge on any atom is -0.465 e. The molecule has 6 heteroatoms. The number of aromatic nitrogens is 2. The molecule has 1 heterocycles. The zero-order chi connectivity index (χ0) is 13.1. The lowest BCUT2D eigenvalue weighted by atomic mass is 10.1. The van der Waals surface area contributed by atoms with E-state index in [-0.39, 0.29) is 11.3 Å². The summed E-state index contributed by atoms with van der Waals surface area (Å²) in [4.78, 5) is 23.1. The van der Waals surface area contributed by atoms with E-state index in [0.717, 1.165) is 0 Å². The van der Waals surface area contributed by atoms with Crippen molar-refractivity contribution in [2.45, 2.75) is 0 Å². The number of aromatic amines is 1. The van der Waals surface area contributed by atoms with Crippen molar-refractivity contribution in [2.24, 2.45) is 0 Å². The van der Waals surface area contributed by atoms with E-state index in [4.69, 9.17) is 5.73 Å². The van der Waals surface area contributed by atoms with E-state index in [1.165, 1.54) is 7.11 Å². The Kier molecular flexibility index (Phi) is 3.09. The number of nitrogens with one attached hydrogen (secondary N) is 1. The molecule has 0 amide bonds. The van der Waals surface area contributed by atoms with E-state index >= 15 is 0 Å². The Morgan fingerprint density at radius 1 is 1.33 bits per heavy atom. The van der Waals surface area contributed by atoms with Gasteiger partial charge in [-0.05, 0) is 0 Å². The van der Waals surface area contributed by atoms with Gasteiger partial charge in [0.15, 0.2) is 0 Å². The first-order valence-corrected chi connectivity index (χ1v) is 5.17. The monoisotopic (exact) mass is 245 g/mol. The smallest absolute Gasteiger partial charge is 0.342 e. The number of nitrogens with zero attached hydrogens (tertiary/aromatic N) is 1. The van der Waals surface area contributed by atoms with E-state index in [2.05, 4.69) is 14.9 Å². The van der Waals surface area contributed by atoms with Gasteiger partial charge in [-0.1, -0.05) is 30.3 Å². The molecule has 6 nitrogen and oxygen atoms in total. The van der Waals surface area contributed by atoms with Crippen molar-refractivity contribution >= 4 is 11.7 Å². The van der Waals surface area contributed by atoms with E-state index in [1.54, 1.807) is 24.3 Å². The van der Waals surface area contributed by atoms with Crippen molar-refractivity contribution < 1.29 is 9.53 Å². The zero-order valence-corrected chi connectivity index (χ0v) is 9.64. The highest BCUT2D eigenvalue weighted by molar-refractivity contribution is 6.00. The van der Waals surface area contributed by atoms with Crippen molar-refractivity contribution in [1.82, 2.24) is 10.2 Å². The molecule has 2 rings (SSSR count). The van der Waals surface area contributed by atoms with Crippen LogP contribution in [0.3, 0.4) is 0 Å². The van der Waals surface area contributed by atoms with Crippen LogP contribution >= 0.6 is 0 Å². The number of ether oxygens (including phenoxy) is 1. The Balaban J connectivity index is 2.72. The molecule has 3 N–H and O–H groups in total. The number of carbonyl (C=O) groups excluding carboxylic acids is 1. The summed E-state index contributed by atoms with van der Waals surface area (Å²) < 4.78 is 4.62. The molecule has 0 bridgehead atoms. The van der Waals surface area contributed by atoms with Gasteiger partial charge in [-0.2, -0.15) is 5.10 Å². The van der Waals surface area contributed by atoms with Gasteiger partial charge in [-0.15, -0.1) is 0 Å². The second kappa shape index (κ2) is 4.70. The SMILES string of the molecule is COC(=O)c1c(-c2ccccc2)n[nH]c(=O)c1N. The van der Waals surface area contributed by atoms with Gasteiger partial charge in [0, 0.05) is 5.56 Å². The Morgan fingerprint density at radius 2 is 2.00 bits per heavy atom. The maximum absolute atomic E-state index is 11.7. The highest BCUT2D eigenvalue weighted by Gasteiger charge is 2.20. The van der Waals surface area contributed by atoms with Crippen LogP contribution in [0, 0.1) is 0 Å². The molecule has 2 aromatic rings. The summed E-state index contributed by atoms with van der Waals surface area (Å²) in [5, 5.41) is 6.11. The van der Waals surface area contributed by atoms with Crippen LogP contribution in [0.25, 0.3) is 11.3 Å². The molecule has 0 aliphatic heterocycles. The number of carbonyl (C=O) groups is 1. The van der Waals surface area contributed by atoms with Crippen LogP contribution in [0.5, 0.6) is 0 Å². The van der Waals surface area contributed by atoms with E-state index in [1.807, 2.05) is 6.07 Å². The van der Waals surface area contributed by atoms with Gasteiger partial charge >= 0.3 is 5.97 Å². The second-order valence-electron chi connectivity index (χ2n) is 3.55. The third kappa shape index (κ3) is 1.95. The summed E-state index contributed by atoms with van der Waals surface area (Å²) in [5.74, 6) is -0.690. The van der Waals surface area contributed by atoms with Crippen molar-refractivity contribution in [3.05, 3.63) is 46.2 Å². The fourth-order valence-electron chi connectivity index (χ4n) is 1.58. The molecule has 0 radical (unpaired) electrons. The molecular formula is C12H11N3O3. The van der Waals surface area contributed by atoms with Crippen LogP contribution in [-0.4, -0.2) is 23.3 Å². The number of hydrogen-bond acceptors (Lipinski definition) is 5. The number of nitrogen functional groups attached to an aromatic ring is 1. The first-order chi connectivity index (χ1) is 8.65. The zero-order valence-electron chi connectivity index (χ0n) is 9.64. The number of methoxy groups -OCH3 is 1. The molecule has 1 aromatic heterocycles. The lowest BCUT2D eigenvalue weighted by Gasteiger charge is -2.08. The molecule has 0 aliphatic rings. The number of H-pyrrole nitrogens is 1. The topological polar surface area (TPSA) is 98.1 Å². The lowest BCUT2D eigenvalue weighted by molar-refractivity contribution is 0.0602. The van der Waals surface area contributed by atoms with Gasteiger partial charge in [0.1, 0.15) is 16.9 Å². The third-order valence-electron chi connectivity index (χ3n) is 2.46. The van der Waals surface area contributed by atoms with Gasteiger partial charge in [0.25, 0.3) is 5.56 Å². The predicted octanol–water partition coefficient (Wildman–Crippen LogP) is 0.806. The normalized spacial score (nSPS) is 10.1. The maximum atomic E-state index is 11.7. The van der Waals surface area contributed by atoms with Crippen LogP contribution in [0.15, 0.2) is 35.1 Å². The van der Waals surface area contributed by atoms with Crippen molar-refractivity contribution in [1.29, 1.82) is 0 Å². The average molecular weight is 245 g/mol. The number of rotatable bonds is 2. The molecule has 0 atom stereocenters. The van der Waals surface area contributed by atoms with Crippen LogP contribution in [0.4, 0.5) is 5.69 Å². The number of hydrogen-bond donors (Lipinski definition) is 2. The Hall–Kier alpha value is -2.63. The summed E-state index contributed by atoms with van der Waals surface area (Å²) in [6, 6.07) is 8.92. The summed E-state index contributed by atoms with van der Waals surface area (Å²) in [5.41, 5.74) is 5.74. The van der Waals surface area contributed by atoms with Crippen molar-refractivity contribution in [3.63, 3.8) is 0 Å². The van der Waals surface area contributed by atoms with Crippen LogP contribution in [-0.2, 0) is 4.74 Å². The minimum atomic E-state index is -0.690. The maximum Gasteiger partial charge on any atom is 0.342 e. The lowest BCUT2D eigenvalue weighted by Crippen LogP contribution is -2.21. The van der Waals surface area contributed by atoms with Crippen molar-refractivity contribution in [3.8, 4) is 11.3 Å². The van der Waals surface area contributed by atoms with Gasteiger partial charge in [-0.3, -0.25) is 4.79 Å². The van der Waals surface area contributed by atoms with E-state index in [9.17, 15) is 9.59 Å². The van der Waals surface area contributed by atoms with Crippen LogP contribution < -0.4 is 11.3 Å². The highest BCUT2D eigenvalue weighted by atomic mass is 16.5. The van der Waals surface area contributed by atoms with Gasteiger partial charge in [-0.25, -0.2) is 9.89 Å². The first-order valence-electron chi connectivity index (χ1n) is 5.17. The molecule has 0 spiro atoms. The summed E-state index contributed by atoms with van der Waals surface area (Å²) in [7, 11) is 1.22. The number of benzene rings is 1. The third-order valence-corrected chi connectivity index (χ3v) is 2.46. The summed E-state index contributed by atoms with van der Waals surface area (Å²) >= 11 is 0. The molecule has 18 heavy (non-hydrogen) atoms. The molecular weight excluding hydrogens is 234 g/mol. The Bertz CT molecular complexity index is 635. The largest absolute Gasteiger partial charge is 0.465 e. The molecule has 0 fully saturated rings. The van der Waals surface area contributed by atoms with Crippen molar-refractivity contribution in [2.75, 3.05) is 12.8 Å². The molecule has 0 saturated carbocycles. The highest BCUT2D eigenvalue weighted by Crippen LogP contribution is 2.23. The molecule has 0 aliphatic carbocycles. The fourth-order valence-corrected chi connectivity index (χ4v) is 1.58. The standard InChI is InChI=1S/C12H11N3O3/c1-18-12(17)8-9(13)11(16)15-14-10(8)7-5-3-2-4-6-7/h2-6H,1H3,(H2,13,14)(H,15,16). The Labute approximate surface area is 102 Å². The average Bonchev–Trinajstić information content (AvgIpc) is 2.42. The van der Waals surface area contributed by atoms with E-state index < -0.39 is 11.5 Å². The summed E-state index contributed by atoms with van der Waals surface area (Å²) in [6.07, 6.45) is 0. The molecule has 0 unspecified atom stereocenters. The van der Waals surface area contributed by atoms with Gasteiger partial charge < -0.3 is 10.5 Å². The second-order valence-corrected chi connectivity index (χ2v) is 3.55. The fraction of sp³-hybridized carbons (Fsp3) is 0.0833. The number of anilines is 1. The van der Waals surface area contributed by atoms with Gasteiger partial charge in [0.2, 0.25) is 0 Å². The van der Waals surface area contributed by atoms with Gasteiger partial charge in [0.05, 0.1) is 7.11 Å². The predicted molar refractivity (Wildman–Crippen MR) is 66.0 cm³/mol. The molecule has 0 saturated heterocycles. The minimum absolute atomic E-state index is 0.0209. The van der Waals surface area contributed by atoms with Crippen LogP contribution in [0.2, 0.25) is 0 Å².